The van der Waals surface area contributed by atoms with Crippen molar-refractivity contribution in [3.8, 4) is 5.75 Å². The fourth-order valence-electron chi connectivity index (χ4n) is 4.21. The summed E-state index contributed by atoms with van der Waals surface area (Å²) in [6, 6.07) is 15.7. The zero-order valence-electron chi connectivity index (χ0n) is 19.8. The number of carbonyl (C=O) groups is 2. The summed E-state index contributed by atoms with van der Waals surface area (Å²) >= 11 is 0. The number of ether oxygens (including phenoxy) is 1. The van der Waals surface area contributed by atoms with Gasteiger partial charge in [0, 0.05) is 12.1 Å². The monoisotopic (exact) mass is 450 g/mol. The van der Waals surface area contributed by atoms with Gasteiger partial charge in [0.25, 0.3) is 11.7 Å². The highest BCUT2D eigenvalue weighted by Gasteiger charge is 2.45. The molecular weight excluding hydrogens is 416 g/mol. The van der Waals surface area contributed by atoms with E-state index in [0.29, 0.717) is 24.5 Å². The summed E-state index contributed by atoms with van der Waals surface area (Å²) in [5, 5.41) is 11.1. The van der Waals surface area contributed by atoms with Gasteiger partial charge in [-0.25, -0.2) is 0 Å². The van der Waals surface area contributed by atoms with Crippen molar-refractivity contribution in [3.05, 3.63) is 71.3 Å². The maximum atomic E-state index is 13.1. The molecule has 1 saturated heterocycles. The molecule has 0 aromatic heterocycles. The third-order valence-electron chi connectivity index (χ3n) is 6.00. The Labute approximate surface area is 196 Å². The number of likely N-dealkylation sites (tertiary alicyclic amines) is 1. The number of benzene rings is 2. The van der Waals surface area contributed by atoms with E-state index in [1.54, 1.807) is 29.2 Å². The highest BCUT2D eigenvalue weighted by molar-refractivity contribution is 6.46. The lowest BCUT2D eigenvalue weighted by molar-refractivity contribution is -0.140. The van der Waals surface area contributed by atoms with Crippen LogP contribution in [-0.2, 0) is 9.59 Å². The Morgan fingerprint density at radius 2 is 1.76 bits per heavy atom. The molecule has 1 fully saturated rings. The summed E-state index contributed by atoms with van der Waals surface area (Å²) < 4.78 is 5.79. The van der Waals surface area contributed by atoms with E-state index in [2.05, 4.69) is 18.7 Å². The third kappa shape index (κ3) is 5.63. The Kier molecular flexibility index (Phi) is 8.66. The van der Waals surface area contributed by atoms with E-state index in [1.807, 2.05) is 37.3 Å². The molecule has 2 aromatic rings. The molecule has 176 valence electrons. The van der Waals surface area contributed by atoms with E-state index in [9.17, 15) is 14.7 Å². The van der Waals surface area contributed by atoms with Crippen molar-refractivity contribution in [3.63, 3.8) is 0 Å². The summed E-state index contributed by atoms with van der Waals surface area (Å²) in [7, 11) is 0. The highest BCUT2D eigenvalue weighted by Crippen LogP contribution is 2.40. The molecule has 1 N–H and O–H groups in total. The van der Waals surface area contributed by atoms with Crippen LogP contribution in [0.2, 0.25) is 0 Å². The first kappa shape index (κ1) is 24.5. The van der Waals surface area contributed by atoms with Crippen molar-refractivity contribution >= 4 is 17.4 Å². The Hall–Kier alpha value is -3.12. The lowest BCUT2D eigenvalue weighted by atomic mass is 9.95. The first-order valence-electron chi connectivity index (χ1n) is 11.8. The average Bonchev–Trinajstić information content (AvgIpc) is 3.10. The van der Waals surface area contributed by atoms with Crippen molar-refractivity contribution in [2.45, 2.75) is 39.7 Å². The van der Waals surface area contributed by atoms with E-state index in [0.717, 1.165) is 38.0 Å². The molecule has 1 aliphatic rings. The van der Waals surface area contributed by atoms with E-state index >= 15 is 0 Å². The second-order valence-corrected chi connectivity index (χ2v) is 8.16. The average molecular weight is 451 g/mol. The van der Waals surface area contributed by atoms with Gasteiger partial charge in [-0.2, -0.15) is 0 Å². The van der Waals surface area contributed by atoms with Gasteiger partial charge in [-0.05, 0) is 50.2 Å². The molecule has 0 bridgehead atoms. The molecule has 0 spiro atoms. The van der Waals surface area contributed by atoms with Crippen LogP contribution in [-0.4, -0.2) is 59.4 Å². The van der Waals surface area contributed by atoms with Crippen LogP contribution in [0, 0.1) is 0 Å². The normalized spacial score (nSPS) is 17.7. The van der Waals surface area contributed by atoms with Crippen LogP contribution in [0.4, 0.5) is 0 Å². The number of ketones is 1. The largest absolute Gasteiger partial charge is 0.507 e. The van der Waals surface area contributed by atoms with Crippen LogP contribution in [0.1, 0.15) is 50.8 Å². The summed E-state index contributed by atoms with van der Waals surface area (Å²) in [6.45, 7) is 9.96. The first-order chi connectivity index (χ1) is 16.0. The molecule has 1 amide bonds. The Morgan fingerprint density at radius 1 is 1.03 bits per heavy atom. The summed E-state index contributed by atoms with van der Waals surface area (Å²) in [4.78, 5) is 30.1. The summed E-state index contributed by atoms with van der Waals surface area (Å²) in [6.07, 6.45) is 1.62. The molecule has 1 heterocycles. The molecule has 0 unspecified atom stereocenters. The third-order valence-corrected chi connectivity index (χ3v) is 6.00. The standard InChI is InChI=1S/C27H34N2O4/c1-4-18-33-22-15-10-14-21(19-22)24-23(25(30)20-12-8-7-9-13-20)26(31)27(32)29(24)17-11-16-28(5-2)6-3/h7-10,12-15,19,24,30H,4-6,11,16-18H2,1-3H3/b25-23+/t24-/m0/s1. The number of aliphatic hydroxyl groups is 1. The lowest BCUT2D eigenvalue weighted by Gasteiger charge is -2.27. The van der Waals surface area contributed by atoms with Gasteiger partial charge in [0.15, 0.2) is 0 Å². The van der Waals surface area contributed by atoms with Gasteiger partial charge in [0.2, 0.25) is 0 Å². The Balaban J connectivity index is 2.01. The van der Waals surface area contributed by atoms with E-state index in [4.69, 9.17) is 4.74 Å². The van der Waals surface area contributed by atoms with Crippen LogP contribution in [0.15, 0.2) is 60.2 Å². The minimum Gasteiger partial charge on any atom is -0.507 e. The van der Waals surface area contributed by atoms with Gasteiger partial charge in [-0.1, -0.05) is 63.2 Å². The minimum absolute atomic E-state index is 0.127. The number of aliphatic hydroxyl groups excluding tert-OH is 1. The molecule has 1 aliphatic heterocycles. The molecular formula is C27H34N2O4. The molecule has 0 aliphatic carbocycles. The summed E-state index contributed by atoms with van der Waals surface area (Å²) in [5.74, 6) is -0.686. The van der Waals surface area contributed by atoms with Gasteiger partial charge in [-0.15, -0.1) is 0 Å². The van der Waals surface area contributed by atoms with Crippen LogP contribution in [0.5, 0.6) is 5.75 Å². The van der Waals surface area contributed by atoms with Gasteiger partial charge < -0.3 is 19.6 Å². The summed E-state index contributed by atoms with van der Waals surface area (Å²) in [5.41, 5.74) is 1.40. The van der Waals surface area contributed by atoms with Crippen LogP contribution in [0.25, 0.3) is 5.76 Å². The second-order valence-electron chi connectivity index (χ2n) is 8.16. The fraction of sp³-hybridized carbons (Fsp3) is 0.407. The van der Waals surface area contributed by atoms with E-state index < -0.39 is 17.7 Å². The predicted molar refractivity (Wildman–Crippen MR) is 130 cm³/mol. The number of hydrogen-bond acceptors (Lipinski definition) is 5. The fourth-order valence-corrected chi connectivity index (χ4v) is 4.21. The number of amides is 1. The number of carbonyl (C=O) groups excluding carboxylic acids is 2. The number of rotatable bonds is 11. The van der Waals surface area contributed by atoms with Gasteiger partial charge in [-0.3, -0.25) is 9.59 Å². The van der Waals surface area contributed by atoms with Crippen molar-refractivity contribution in [2.24, 2.45) is 0 Å². The van der Waals surface area contributed by atoms with E-state index in [1.165, 1.54) is 0 Å². The molecule has 3 rings (SSSR count). The van der Waals surface area contributed by atoms with Crippen LogP contribution in [0.3, 0.4) is 0 Å². The number of nitrogens with zero attached hydrogens (tertiary/aromatic N) is 2. The van der Waals surface area contributed by atoms with Gasteiger partial charge >= 0.3 is 0 Å². The predicted octanol–water partition coefficient (Wildman–Crippen LogP) is 4.63. The van der Waals surface area contributed by atoms with E-state index in [-0.39, 0.29) is 11.3 Å². The van der Waals surface area contributed by atoms with Gasteiger partial charge in [0.05, 0.1) is 18.2 Å². The smallest absolute Gasteiger partial charge is 0.295 e. The molecule has 6 heteroatoms. The number of hydrogen-bond donors (Lipinski definition) is 1. The quantitative estimate of drug-likeness (QED) is 0.307. The maximum Gasteiger partial charge on any atom is 0.295 e. The van der Waals surface area contributed by atoms with Crippen molar-refractivity contribution < 1.29 is 19.4 Å². The lowest BCUT2D eigenvalue weighted by Crippen LogP contribution is -2.33. The second kappa shape index (κ2) is 11.7. The van der Waals surface area contributed by atoms with Crippen LogP contribution >= 0.6 is 0 Å². The topological polar surface area (TPSA) is 70.1 Å². The maximum absolute atomic E-state index is 13.1. The SMILES string of the molecule is CCCOc1cccc([C@H]2/C(=C(\O)c3ccccc3)C(=O)C(=O)N2CCCN(CC)CC)c1. The molecule has 1 atom stereocenters. The van der Waals surface area contributed by atoms with Crippen molar-refractivity contribution in [1.82, 2.24) is 9.80 Å². The van der Waals surface area contributed by atoms with Crippen molar-refractivity contribution in [1.29, 1.82) is 0 Å². The zero-order valence-corrected chi connectivity index (χ0v) is 19.8. The van der Waals surface area contributed by atoms with Crippen molar-refractivity contribution in [2.75, 3.05) is 32.8 Å². The zero-order chi connectivity index (χ0) is 23.8. The first-order valence-corrected chi connectivity index (χ1v) is 11.8. The highest BCUT2D eigenvalue weighted by atomic mass is 16.5. The van der Waals surface area contributed by atoms with Crippen LogP contribution < -0.4 is 4.74 Å². The molecule has 6 nitrogen and oxygen atoms in total. The molecule has 33 heavy (non-hydrogen) atoms. The molecule has 0 radical (unpaired) electrons. The Bertz CT molecular complexity index is 983. The molecule has 2 aromatic carbocycles. The van der Waals surface area contributed by atoms with Gasteiger partial charge in [0.1, 0.15) is 11.5 Å². The Morgan fingerprint density at radius 3 is 2.42 bits per heavy atom. The number of Topliss-reactive ketones (excluding diaryl/α,β-unsaturated/α-hetero) is 1. The molecule has 0 saturated carbocycles. The minimum atomic E-state index is -0.660.